The number of nitro groups is 1. The van der Waals surface area contributed by atoms with Crippen LogP contribution in [0.2, 0.25) is 0 Å². The molecule has 0 fully saturated rings. The van der Waals surface area contributed by atoms with E-state index in [9.17, 15) is 14.9 Å². The van der Waals surface area contributed by atoms with Crippen LogP contribution >= 0.6 is 11.8 Å². The van der Waals surface area contributed by atoms with Crippen LogP contribution in [0.3, 0.4) is 0 Å². The fourth-order valence-corrected chi connectivity index (χ4v) is 3.15. The van der Waals surface area contributed by atoms with Gasteiger partial charge in [-0.25, -0.2) is 0 Å². The van der Waals surface area contributed by atoms with Crippen molar-refractivity contribution >= 4 is 23.4 Å². The van der Waals surface area contributed by atoms with Crippen molar-refractivity contribution in [3.63, 3.8) is 0 Å². The molecule has 136 valence electrons. The number of hydrogen-bond acceptors (Lipinski definition) is 5. The first-order valence-electron chi connectivity index (χ1n) is 8.19. The van der Waals surface area contributed by atoms with Crippen LogP contribution in [0.1, 0.15) is 27.7 Å². The van der Waals surface area contributed by atoms with Gasteiger partial charge < -0.3 is 5.32 Å². The number of carbonyl (C=O) groups excluding carboxylic acids is 1. The number of nitro benzene ring substituents is 1. The summed E-state index contributed by atoms with van der Waals surface area (Å²) >= 11 is 1.42. The molecule has 0 saturated carbocycles. The van der Waals surface area contributed by atoms with Crippen molar-refractivity contribution < 1.29 is 9.72 Å². The zero-order valence-electron chi connectivity index (χ0n) is 14.5. The molecular weight excluding hydrogens is 362 g/mol. The molecule has 1 amide bonds. The standard InChI is InChI=1S/C20H17N3O3S/c1-27-15-10-11-18(23(25)26)16(13-15)20(24)22-19(14-7-3-2-4-8-14)17-9-5-6-12-21-17/h2-13,19H,1H3,(H,22,24). The van der Waals surface area contributed by atoms with Crippen LogP contribution in [0.4, 0.5) is 5.69 Å². The maximum absolute atomic E-state index is 12.9. The minimum Gasteiger partial charge on any atom is -0.339 e. The van der Waals surface area contributed by atoms with Crippen molar-refractivity contribution in [3.8, 4) is 0 Å². The van der Waals surface area contributed by atoms with Crippen LogP contribution in [0.25, 0.3) is 0 Å². The first kappa shape index (κ1) is 18.6. The molecule has 1 aromatic heterocycles. The highest BCUT2D eigenvalue weighted by Gasteiger charge is 2.25. The first-order chi connectivity index (χ1) is 13.1. The smallest absolute Gasteiger partial charge is 0.282 e. The molecule has 1 unspecified atom stereocenters. The maximum Gasteiger partial charge on any atom is 0.282 e. The fourth-order valence-electron chi connectivity index (χ4n) is 2.71. The Morgan fingerprint density at radius 3 is 2.48 bits per heavy atom. The Morgan fingerprint density at radius 2 is 1.85 bits per heavy atom. The van der Waals surface area contributed by atoms with E-state index in [1.54, 1.807) is 24.4 Å². The summed E-state index contributed by atoms with van der Waals surface area (Å²) in [6.45, 7) is 0. The van der Waals surface area contributed by atoms with E-state index in [0.717, 1.165) is 10.5 Å². The van der Waals surface area contributed by atoms with Gasteiger partial charge in [0.2, 0.25) is 0 Å². The summed E-state index contributed by atoms with van der Waals surface area (Å²) in [5.41, 5.74) is 1.30. The normalized spacial score (nSPS) is 11.6. The number of pyridine rings is 1. The zero-order chi connectivity index (χ0) is 19.2. The monoisotopic (exact) mass is 379 g/mol. The average molecular weight is 379 g/mol. The second-order valence-corrected chi connectivity index (χ2v) is 6.59. The SMILES string of the molecule is CSc1ccc([N+](=O)[O-])c(C(=O)NC(c2ccccc2)c2ccccn2)c1. The van der Waals surface area contributed by atoms with Gasteiger partial charge in [-0.15, -0.1) is 11.8 Å². The largest absolute Gasteiger partial charge is 0.339 e. The lowest BCUT2D eigenvalue weighted by atomic mass is 10.0. The number of benzene rings is 2. The van der Waals surface area contributed by atoms with Crippen LogP contribution in [-0.2, 0) is 0 Å². The number of rotatable bonds is 6. The number of thioether (sulfide) groups is 1. The van der Waals surface area contributed by atoms with E-state index in [2.05, 4.69) is 10.3 Å². The van der Waals surface area contributed by atoms with Crippen molar-refractivity contribution in [1.82, 2.24) is 10.3 Å². The van der Waals surface area contributed by atoms with E-state index in [-0.39, 0.29) is 11.3 Å². The summed E-state index contributed by atoms with van der Waals surface area (Å²) in [7, 11) is 0. The Balaban J connectivity index is 2.00. The predicted molar refractivity (Wildman–Crippen MR) is 105 cm³/mol. The van der Waals surface area contributed by atoms with Gasteiger partial charge in [0.15, 0.2) is 0 Å². The fraction of sp³-hybridized carbons (Fsp3) is 0.100. The number of nitrogens with zero attached hydrogens (tertiary/aromatic N) is 2. The summed E-state index contributed by atoms with van der Waals surface area (Å²) in [5.74, 6) is -0.517. The lowest BCUT2D eigenvalue weighted by Crippen LogP contribution is -2.30. The Hall–Kier alpha value is -3.19. The minimum atomic E-state index is -0.544. The molecule has 1 heterocycles. The van der Waals surface area contributed by atoms with Gasteiger partial charge in [-0.05, 0) is 36.1 Å². The van der Waals surface area contributed by atoms with Crippen LogP contribution in [0.5, 0.6) is 0 Å². The van der Waals surface area contributed by atoms with Crippen LogP contribution in [-0.4, -0.2) is 22.1 Å². The summed E-state index contributed by atoms with van der Waals surface area (Å²) in [4.78, 5) is 28.9. The topological polar surface area (TPSA) is 85.1 Å². The summed E-state index contributed by atoms with van der Waals surface area (Å²) in [6, 6.07) is 18.8. The van der Waals surface area contributed by atoms with Gasteiger partial charge in [0.25, 0.3) is 11.6 Å². The van der Waals surface area contributed by atoms with Crippen molar-refractivity contribution in [1.29, 1.82) is 0 Å². The number of nitrogens with one attached hydrogen (secondary N) is 1. The maximum atomic E-state index is 12.9. The first-order valence-corrected chi connectivity index (χ1v) is 9.42. The third-order valence-corrected chi connectivity index (χ3v) is 4.76. The Bertz CT molecular complexity index is 910. The van der Waals surface area contributed by atoms with Gasteiger partial charge >= 0.3 is 0 Å². The van der Waals surface area contributed by atoms with Gasteiger partial charge in [-0.3, -0.25) is 19.9 Å². The molecule has 0 bridgehead atoms. The van der Waals surface area contributed by atoms with Gasteiger partial charge in [0.1, 0.15) is 5.56 Å². The Kier molecular flexibility index (Phi) is 5.83. The number of amides is 1. The van der Waals surface area contributed by atoms with Gasteiger partial charge in [-0.2, -0.15) is 0 Å². The molecule has 0 radical (unpaired) electrons. The molecule has 27 heavy (non-hydrogen) atoms. The minimum absolute atomic E-state index is 0.0312. The molecule has 7 heteroatoms. The average Bonchev–Trinajstić information content (AvgIpc) is 2.72. The molecule has 3 rings (SSSR count). The molecule has 1 atom stereocenters. The van der Waals surface area contributed by atoms with Crippen molar-refractivity contribution in [2.45, 2.75) is 10.9 Å². The van der Waals surface area contributed by atoms with Crippen LogP contribution in [0, 0.1) is 10.1 Å². The number of hydrogen-bond donors (Lipinski definition) is 1. The lowest BCUT2D eigenvalue weighted by Gasteiger charge is -2.19. The quantitative estimate of drug-likeness (QED) is 0.393. The van der Waals surface area contributed by atoms with Crippen molar-refractivity contribution in [2.24, 2.45) is 0 Å². The second-order valence-electron chi connectivity index (χ2n) is 5.71. The predicted octanol–water partition coefficient (Wildman–Crippen LogP) is 4.23. The molecule has 6 nitrogen and oxygen atoms in total. The second kappa shape index (κ2) is 8.46. The molecule has 1 N–H and O–H groups in total. The molecule has 0 spiro atoms. The number of carbonyl (C=O) groups is 1. The molecule has 0 aliphatic heterocycles. The third-order valence-electron chi connectivity index (χ3n) is 4.04. The van der Waals surface area contributed by atoms with E-state index < -0.39 is 16.9 Å². The van der Waals surface area contributed by atoms with Gasteiger partial charge in [0, 0.05) is 17.2 Å². The third kappa shape index (κ3) is 4.32. The summed E-state index contributed by atoms with van der Waals surface area (Å²) in [5, 5.41) is 14.3. The zero-order valence-corrected chi connectivity index (χ0v) is 15.3. The highest BCUT2D eigenvalue weighted by molar-refractivity contribution is 7.98. The van der Waals surface area contributed by atoms with Crippen LogP contribution < -0.4 is 5.32 Å². The number of aromatic nitrogens is 1. The molecule has 0 aliphatic carbocycles. The molecule has 0 aliphatic rings. The van der Waals surface area contributed by atoms with Crippen molar-refractivity contribution in [3.05, 3.63) is 99.9 Å². The summed E-state index contributed by atoms with van der Waals surface area (Å²) < 4.78 is 0. The van der Waals surface area contributed by atoms with E-state index in [1.165, 1.54) is 17.8 Å². The molecular formula is C20H17N3O3S. The highest BCUT2D eigenvalue weighted by Crippen LogP contribution is 2.27. The van der Waals surface area contributed by atoms with Crippen molar-refractivity contribution in [2.75, 3.05) is 6.26 Å². The Morgan fingerprint density at radius 1 is 1.11 bits per heavy atom. The van der Waals surface area contributed by atoms with E-state index >= 15 is 0 Å². The molecule has 3 aromatic rings. The van der Waals surface area contributed by atoms with E-state index in [1.807, 2.05) is 48.7 Å². The van der Waals surface area contributed by atoms with E-state index in [0.29, 0.717) is 5.69 Å². The van der Waals surface area contributed by atoms with Gasteiger partial charge in [-0.1, -0.05) is 36.4 Å². The highest BCUT2D eigenvalue weighted by atomic mass is 32.2. The van der Waals surface area contributed by atoms with Crippen LogP contribution in [0.15, 0.2) is 77.8 Å². The van der Waals surface area contributed by atoms with Gasteiger partial charge in [0.05, 0.1) is 16.7 Å². The lowest BCUT2D eigenvalue weighted by molar-refractivity contribution is -0.385. The molecule has 0 saturated heterocycles. The molecule has 2 aromatic carbocycles. The van der Waals surface area contributed by atoms with E-state index in [4.69, 9.17) is 0 Å². The summed E-state index contributed by atoms with van der Waals surface area (Å²) in [6.07, 6.45) is 3.50. The Labute approximate surface area is 160 Å².